The Morgan fingerprint density at radius 3 is 2.95 bits per heavy atom. The molecular formula is C15H19Cl2N3O. The molecule has 1 aromatic heterocycles. The molecule has 1 aliphatic rings. The SMILES string of the molecule is Cl.Clc1ccccc1OCCc1cc(C2CCNC2)n[nH]1. The van der Waals surface area contributed by atoms with Crippen molar-refractivity contribution >= 4 is 24.0 Å². The summed E-state index contributed by atoms with van der Waals surface area (Å²) in [5, 5.41) is 11.5. The van der Waals surface area contributed by atoms with Gasteiger partial charge in [-0.1, -0.05) is 23.7 Å². The molecule has 6 heteroatoms. The number of hydrogen-bond acceptors (Lipinski definition) is 3. The largest absolute Gasteiger partial charge is 0.492 e. The third-order valence-electron chi connectivity index (χ3n) is 3.59. The van der Waals surface area contributed by atoms with E-state index in [1.54, 1.807) is 0 Å². The summed E-state index contributed by atoms with van der Waals surface area (Å²) in [6.07, 6.45) is 1.97. The van der Waals surface area contributed by atoms with Crippen LogP contribution in [0.1, 0.15) is 23.7 Å². The number of aromatic amines is 1. The third-order valence-corrected chi connectivity index (χ3v) is 3.91. The highest BCUT2D eigenvalue weighted by molar-refractivity contribution is 6.32. The van der Waals surface area contributed by atoms with Crippen molar-refractivity contribution in [2.24, 2.45) is 0 Å². The molecule has 4 nitrogen and oxygen atoms in total. The fourth-order valence-electron chi connectivity index (χ4n) is 2.46. The van der Waals surface area contributed by atoms with Crippen LogP contribution in [0.15, 0.2) is 30.3 Å². The molecule has 0 amide bonds. The van der Waals surface area contributed by atoms with Crippen LogP contribution in [0, 0.1) is 0 Å². The van der Waals surface area contributed by atoms with E-state index in [-0.39, 0.29) is 12.4 Å². The van der Waals surface area contributed by atoms with Crippen LogP contribution in [-0.4, -0.2) is 29.9 Å². The first-order chi connectivity index (χ1) is 9.83. The standard InChI is InChI=1S/C15H18ClN3O.ClH/c16-13-3-1-2-4-15(13)20-8-6-12-9-14(19-18-12)11-5-7-17-10-11;/h1-4,9,11,17H,5-8,10H2,(H,18,19);1H. The first-order valence-electron chi connectivity index (χ1n) is 6.95. The van der Waals surface area contributed by atoms with E-state index in [2.05, 4.69) is 21.6 Å². The highest BCUT2D eigenvalue weighted by Crippen LogP contribution is 2.24. The monoisotopic (exact) mass is 327 g/mol. The summed E-state index contributed by atoms with van der Waals surface area (Å²) in [6.45, 7) is 2.71. The van der Waals surface area contributed by atoms with E-state index < -0.39 is 0 Å². The number of nitrogens with one attached hydrogen (secondary N) is 2. The molecule has 1 aromatic carbocycles. The molecule has 0 aliphatic carbocycles. The van der Waals surface area contributed by atoms with Gasteiger partial charge in [0.1, 0.15) is 5.75 Å². The summed E-state index contributed by atoms with van der Waals surface area (Å²) >= 11 is 6.04. The van der Waals surface area contributed by atoms with Gasteiger partial charge < -0.3 is 10.1 Å². The Kier molecular flexibility index (Phi) is 5.91. The molecule has 2 N–H and O–H groups in total. The minimum absolute atomic E-state index is 0. The molecule has 2 aromatic rings. The number of H-pyrrole nitrogens is 1. The van der Waals surface area contributed by atoms with Gasteiger partial charge in [-0.2, -0.15) is 5.10 Å². The first kappa shape index (κ1) is 16.1. The van der Waals surface area contributed by atoms with Gasteiger partial charge in [0, 0.05) is 24.6 Å². The topological polar surface area (TPSA) is 49.9 Å². The number of rotatable bonds is 5. The number of ether oxygens (including phenoxy) is 1. The predicted octanol–water partition coefficient (Wildman–Crippen LogP) is 3.18. The maximum Gasteiger partial charge on any atom is 0.137 e. The Morgan fingerprint density at radius 2 is 2.19 bits per heavy atom. The van der Waals surface area contributed by atoms with Crippen molar-refractivity contribution in [1.82, 2.24) is 15.5 Å². The molecule has 0 radical (unpaired) electrons. The zero-order chi connectivity index (χ0) is 13.8. The average molecular weight is 328 g/mol. The van der Waals surface area contributed by atoms with Crippen LogP contribution >= 0.6 is 24.0 Å². The van der Waals surface area contributed by atoms with Crippen molar-refractivity contribution in [2.75, 3.05) is 19.7 Å². The summed E-state index contributed by atoms with van der Waals surface area (Å²) in [7, 11) is 0. The number of para-hydroxylation sites is 1. The molecule has 2 heterocycles. The number of benzene rings is 1. The van der Waals surface area contributed by atoms with Crippen molar-refractivity contribution in [3.05, 3.63) is 46.7 Å². The fraction of sp³-hybridized carbons (Fsp3) is 0.400. The Morgan fingerprint density at radius 1 is 1.33 bits per heavy atom. The summed E-state index contributed by atoms with van der Waals surface area (Å²) in [5.41, 5.74) is 2.27. The van der Waals surface area contributed by atoms with Gasteiger partial charge in [-0.05, 0) is 31.2 Å². The van der Waals surface area contributed by atoms with E-state index in [1.807, 2.05) is 24.3 Å². The Bertz CT molecular complexity index is 568. The van der Waals surface area contributed by atoms with Gasteiger partial charge in [-0.15, -0.1) is 12.4 Å². The molecule has 1 atom stereocenters. The Balaban J connectivity index is 0.00000161. The molecule has 1 fully saturated rings. The van der Waals surface area contributed by atoms with Gasteiger partial charge in [0.05, 0.1) is 17.3 Å². The van der Waals surface area contributed by atoms with E-state index in [4.69, 9.17) is 16.3 Å². The van der Waals surface area contributed by atoms with E-state index >= 15 is 0 Å². The van der Waals surface area contributed by atoms with Crippen molar-refractivity contribution in [2.45, 2.75) is 18.8 Å². The number of halogens is 2. The van der Waals surface area contributed by atoms with Crippen molar-refractivity contribution in [3.8, 4) is 5.75 Å². The van der Waals surface area contributed by atoms with Gasteiger partial charge in [0.15, 0.2) is 0 Å². The molecule has 3 rings (SSSR count). The zero-order valence-corrected chi connectivity index (χ0v) is 13.2. The highest BCUT2D eigenvalue weighted by Gasteiger charge is 2.19. The number of hydrogen-bond donors (Lipinski definition) is 2. The maximum atomic E-state index is 6.04. The van der Waals surface area contributed by atoms with Gasteiger partial charge in [-0.3, -0.25) is 5.10 Å². The maximum absolute atomic E-state index is 6.04. The van der Waals surface area contributed by atoms with Crippen LogP contribution in [0.4, 0.5) is 0 Å². The first-order valence-corrected chi connectivity index (χ1v) is 7.33. The molecule has 0 spiro atoms. The van der Waals surface area contributed by atoms with Crippen molar-refractivity contribution in [1.29, 1.82) is 0 Å². The molecule has 1 saturated heterocycles. The lowest BCUT2D eigenvalue weighted by Crippen LogP contribution is -2.08. The molecule has 0 bridgehead atoms. The molecule has 1 aliphatic heterocycles. The van der Waals surface area contributed by atoms with Crippen LogP contribution in [0.2, 0.25) is 5.02 Å². The van der Waals surface area contributed by atoms with E-state index in [0.29, 0.717) is 17.5 Å². The Labute approximate surface area is 135 Å². The summed E-state index contributed by atoms with van der Waals surface area (Å²) in [4.78, 5) is 0. The second-order valence-corrected chi connectivity index (χ2v) is 5.44. The number of nitrogens with zero attached hydrogens (tertiary/aromatic N) is 1. The smallest absolute Gasteiger partial charge is 0.137 e. The van der Waals surface area contributed by atoms with Crippen molar-refractivity contribution < 1.29 is 4.74 Å². The minimum Gasteiger partial charge on any atom is -0.492 e. The third kappa shape index (κ3) is 4.13. The van der Waals surface area contributed by atoms with E-state index in [0.717, 1.165) is 36.6 Å². The molecule has 21 heavy (non-hydrogen) atoms. The highest BCUT2D eigenvalue weighted by atomic mass is 35.5. The molecular weight excluding hydrogens is 309 g/mol. The lowest BCUT2D eigenvalue weighted by molar-refractivity contribution is 0.320. The van der Waals surface area contributed by atoms with Gasteiger partial charge in [0.25, 0.3) is 0 Å². The normalized spacial score (nSPS) is 17.5. The van der Waals surface area contributed by atoms with Crippen LogP contribution < -0.4 is 10.1 Å². The fourth-order valence-corrected chi connectivity index (χ4v) is 2.65. The van der Waals surface area contributed by atoms with Crippen LogP contribution in [-0.2, 0) is 6.42 Å². The summed E-state index contributed by atoms with van der Waals surface area (Å²) in [6, 6.07) is 9.67. The summed E-state index contributed by atoms with van der Waals surface area (Å²) in [5.74, 6) is 1.28. The van der Waals surface area contributed by atoms with Crippen LogP contribution in [0.25, 0.3) is 0 Å². The molecule has 1 unspecified atom stereocenters. The lowest BCUT2D eigenvalue weighted by Gasteiger charge is -2.06. The lowest BCUT2D eigenvalue weighted by atomic mass is 10.0. The van der Waals surface area contributed by atoms with Gasteiger partial charge >= 0.3 is 0 Å². The Hall–Kier alpha value is -1.23. The predicted molar refractivity (Wildman–Crippen MR) is 86.7 cm³/mol. The average Bonchev–Trinajstić information content (AvgIpc) is 3.11. The second-order valence-electron chi connectivity index (χ2n) is 5.04. The minimum atomic E-state index is 0. The van der Waals surface area contributed by atoms with Crippen LogP contribution in [0.3, 0.4) is 0 Å². The second kappa shape index (κ2) is 7.69. The van der Waals surface area contributed by atoms with E-state index in [1.165, 1.54) is 6.42 Å². The number of aromatic nitrogens is 2. The van der Waals surface area contributed by atoms with Gasteiger partial charge in [0.2, 0.25) is 0 Å². The summed E-state index contributed by atoms with van der Waals surface area (Å²) < 4.78 is 5.68. The molecule has 0 saturated carbocycles. The van der Waals surface area contributed by atoms with Crippen LogP contribution in [0.5, 0.6) is 5.75 Å². The quantitative estimate of drug-likeness (QED) is 0.886. The zero-order valence-electron chi connectivity index (χ0n) is 11.6. The van der Waals surface area contributed by atoms with E-state index in [9.17, 15) is 0 Å². The van der Waals surface area contributed by atoms with Gasteiger partial charge in [-0.25, -0.2) is 0 Å². The van der Waals surface area contributed by atoms with Crippen molar-refractivity contribution in [3.63, 3.8) is 0 Å². The molecule has 114 valence electrons.